The summed E-state index contributed by atoms with van der Waals surface area (Å²) >= 11 is 0. The SMILES string of the molecule is COc1ccc(/C=C/C(=O)O[C@H](C)C(=O)N2CCc3ccccc3C2)cc1OC. The Morgan fingerprint density at radius 3 is 2.48 bits per heavy atom. The number of benzene rings is 2. The zero-order valence-corrected chi connectivity index (χ0v) is 16.9. The summed E-state index contributed by atoms with van der Waals surface area (Å²) in [6.07, 6.45) is 2.87. The van der Waals surface area contributed by atoms with Crippen molar-refractivity contribution in [3.05, 3.63) is 65.2 Å². The standard InChI is InChI=1S/C23H25NO5/c1-16(23(26)24-13-12-18-6-4-5-7-19(18)15-24)29-22(25)11-9-17-8-10-20(27-2)21(14-17)28-3/h4-11,14,16H,12-13,15H2,1-3H3/b11-9+/t16-/m1/s1. The predicted octanol–water partition coefficient (Wildman–Crippen LogP) is 3.23. The number of fused-ring (bicyclic) bond motifs is 1. The first-order valence-electron chi connectivity index (χ1n) is 9.48. The van der Waals surface area contributed by atoms with Gasteiger partial charge in [-0.25, -0.2) is 4.79 Å². The second kappa shape index (κ2) is 9.28. The Kier molecular flexibility index (Phi) is 6.54. The van der Waals surface area contributed by atoms with Gasteiger partial charge in [0, 0.05) is 19.2 Å². The van der Waals surface area contributed by atoms with Crippen LogP contribution in [0.1, 0.15) is 23.6 Å². The summed E-state index contributed by atoms with van der Waals surface area (Å²) in [6, 6.07) is 13.4. The second-order valence-corrected chi connectivity index (χ2v) is 6.81. The molecule has 1 heterocycles. The molecule has 0 radical (unpaired) electrons. The van der Waals surface area contributed by atoms with Gasteiger partial charge in [0.1, 0.15) is 0 Å². The van der Waals surface area contributed by atoms with Crippen molar-refractivity contribution in [3.63, 3.8) is 0 Å². The minimum Gasteiger partial charge on any atom is -0.493 e. The summed E-state index contributed by atoms with van der Waals surface area (Å²) in [6.45, 7) is 2.77. The first kappa shape index (κ1) is 20.5. The van der Waals surface area contributed by atoms with Gasteiger partial charge in [0.2, 0.25) is 0 Å². The summed E-state index contributed by atoms with van der Waals surface area (Å²) in [4.78, 5) is 26.6. The van der Waals surface area contributed by atoms with E-state index in [2.05, 4.69) is 6.07 Å². The van der Waals surface area contributed by atoms with E-state index in [4.69, 9.17) is 14.2 Å². The van der Waals surface area contributed by atoms with Crippen LogP contribution in [0.25, 0.3) is 6.08 Å². The van der Waals surface area contributed by atoms with Crippen molar-refractivity contribution in [2.24, 2.45) is 0 Å². The van der Waals surface area contributed by atoms with Crippen LogP contribution in [0.4, 0.5) is 0 Å². The number of esters is 1. The number of hydrogen-bond acceptors (Lipinski definition) is 5. The third-order valence-corrected chi connectivity index (χ3v) is 4.90. The van der Waals surface area contributed by atoms with Crippen molar-refractivity contribution in [1.29, 1.82) is 0 Å². The molecule has 6 heteroatoms. The maximum atomic E-state index is 12.7. The third-order valence-electron chi connectivity index (χ3n) is 4.90. The molecule has 2 aromatic rings. The van der Waals surface area contributed by atoms with Gasteiger partial charge in [-0.2, -0.15) is 0 Å². The van der Waals surface area contributed by atoms with E-state index in [1.165, 1.54) is 11.6 Å². The van der Waals surface area contributed by atoms with Crippen LogP contribution < -0.4 is 9.47 Å². The molecule has 0 spiro atoms. The molecule has 152 valence electrons. The minimum absolute atomic E-state index is 0.188. The highest BCUT2D eigenvalue weighted by atomic mass is 16.5. The third kappa shape index (κ3) is 4.96. The number of nitrogens with zero attached hydrogens (tertiary/aromatic N) is 1. The zero-order chi connectivity index (χ0) is 20.8. The quantitative estimate of drug-likeness (QED) is 0.555. The van der Waals surface area contributed by atoms with E-state index in [0.29, 0.717) is 24.6 Å². The average molecular weight is 395 g/mol. The molecule has 0 bridgehead atoms. The lowest BCUT2D eigenvalue weighted by Crippen LogP contribution is -2.42. The summed E-state index contributed by atoms with van der Waals surface area (Å²) in [5, 5.41) is 0. The molecule has 0 unspecified atom stereocenters. The van der Waals surface area contributed by atoms with Crippen LogP contribution in [0.5, 0.6) is 11.5 Å². The second-order valence-electron chi connectivity index (χ2n) is 6.81. The molecule has 0 aliphatic carbocycles. The molecule has 0 aromatic heterocycles. The smallest absolute Gasteiger partial charge is 0.331 e. The van der Waals surface area contributed by atoms with Gasteiger partial charge in [-0.05, 0) is 48.2 Å². The number of methoxy groups -OCH3 is 2. The van der Waals surface area contributed by atoms with E-state index in [0.717, 1.165) is 17.5 Å². The van der Waals surface area contributed by atoms with Gasteiger partial charge in [-0.1, -0.05) is 30.3 Å². The highest BCUT2D eigenvalue weighted by Crippen LogP contribution is 2.28. The van der Waals surface area contributed by atoms with E-state index in [-0.39, 0.29) is 5.91 Å². The molecule has 0 saturated heterocycles. The predicted molar refractivity (Wildman–Crippen MR) is 110 cm³/mol. The molecule has 1 atom stereocenters. The molecule has 6 nitrogen and oxygen atoms in total. The van der Waals surface area contributed by atoms with E-state index in [9.17, 15) is 9.59 Å². The van der Waals surface area contributed by atoms with Crippen molar-refractivity contribution in [3.8, 4) is 11.5 Å². The zero-order valence-electron chi connectivity index (χ0n) is 16.9. The highest BCUT2D eigenvalue weighted by Gasteiger charge is 2.26. The fourth-order valence-electron chi connectivity index (χ4n) is 3.33. The number of carbonyl (C=O) groups excluding carboxylic acids is 2. The number of hydrogen-bond donors (Lipinski definition) is 0. The monoisotopic (exact) mass is 395 g/mol. The van der Waals surface area contributed by atoms with Crippen LogP contribution in [0.2, 0.25) is 0 Å². The van der Waals surface area contributed by atoms with Crippen LogP contribution in [-0.4, -0.2) is 43.6 Å². The normalized spacial score (nSPS) is 14.2. The Morgan fingerprint density at radius 1 is 1.03 bits per heavy atom. The van der Waals surface area contributed by atoms with Gasteiger partial charge in [-0.3, -0.25) is 4.79 Å². The lowest BCUT2D eigenvalue weighted by molar-refractivity contribution is -0.155. The molecule has 2 aromatic carbocycles. The summed E-state index contributed by atoms with van der Waals surface area (Å²) in [5.41, 5.74) is 3.16. The molecule has 1 amide bonds. The molecule has 0 fully saturated rings. The Labute approximate surface area is 170 Å². The lowest BCUT2D eigenvalue weighted by Gasteiger charge is -2.30. The van der Waals surface area contributed by atoms with Crippen LogP contribution in [0.3, 0.4) is 0 Å². The molecular weight excluding hydrogens is 370 g/mol. The fourth-order valence-corrected chi connectivity index (χ4v) is 3.33. The molecule has 0 N–H and O–H groups in total. The maximum Gasteiger partial charge on any atom is 0.331 e. The van der Waals surface area contributed by atoms with Crippen molar-refractivity contribution >= 4 is 18.0 Å². The van der Waals surface area contributed by atoms with Gasteiger partial charge in [-0.15, -0.1) is 0 Å². The number of ether oxygens (including phenoxy) is 3. The van der Waals surface area contributed by atoms with Gasteiger partial charge in [0.05, 0.1) is 14.2 Å². The van der Waals surface area contributed by atoms with E-state index < -0.39 is 12.1 Å². The van der Waals surface area contributed by atoms with Crippen molar-refractivity contribution in [2.45, 2.75) is 26.0 Å². The molecule has 0 saturated carbocycles. The van der Waals surface area contributed by atoms with Gasteiger partial charge in [0.25, 0.3) is 5.91 Å². The fraction of sp³-hybridized carbons (Fsp3) is 0.304. The topological polar surface area (TPSA) is 65.1 Å². The molecule has 3 rings (SSSR count). The van der Waals surface area contributed by atoms with E-state index >= 15 is 0 Å². The first-order chi connectivity index (χ1) is 14.0. The Balaban J connectivity index is 1.58. The van der Waals surface area contributed by atoms with Crippen molar-refractivity contribution < 1.29 is 23.8 Å². The molecule has 29 heavy (non-hydrogen) atoms. The van der Waals surface area contributed by atoms with Crippen LogP contribution >= 0.6 is 0 Å². The summed E-state index contributed by atoms with van der Waals surface area (Å²) < 4.78 is 15.7. The summed E-state index contributed by atoms with van der Waals surface area (Å²) in [5.74, 6) is 0.414. The average Bonchev–Trinajstić information content (AvgIpc) is 2.76. The molecule has 1 aliphatic rings. The van der Waals surface area contributed by atoms with Crippen LogP contribution in [-0.2, 0) is 27.3 Å². The lowest BCUT2D eigenvalue weighted by atomic mass is 9.99. The number of rotatable bonds is 6. The first-order valence-corrected chi connectivity index (χ1v) is 9.48. The van der Waals surface area contributed by atoms with Crippen LogP contribution in [0.15, 0.2) is 48.5 Å². The Morgan fingerprint density at radius 2 is 1.76 bits per heavy atom. The minimum atomic E-state index is -0.845. The number of carbonyl (C=O) groups is 2. The Bertz CT molecular complexity index is 921. The van der Waals surface area contributed by atoms with Crippen LogP contribution in [0, 0.1) is 0 Å². The van der Waals surface area contributed by atoms with E-state index in [1.54, 1.807) is 50.3 Å². The van der Waals surface area contributed by atoms with Gasteiger partial charge >= 0.3 is 5.97 Å². The molecule has 1 aliphatic heterocycles. The van der Waals surface area contributed by atoms with E-state index in [1.807, 2.05) is 18.2 Å². The van der Waals surface area contributed by atoms with Gasteiger partial charge in [0.15, 0.2) is 17.6 Å². The number of amides is 1. The van der Waals surface area contributed by atoms with Crippen molar-refractivity contribution in [2.75, 3.05) is 20.8 Å². The molecular formula is C23H25NO5. The summed E-state index contributed by atoms with van der Waals surface area (Å²) in [7, 11) is 3.11. The Hall–Kier alpha value is -3.28. The van der Waals surface area contributed by atoms with Gasteiger partial charge < -0.3 is 19.1 Å². The highest BCUT2D eigenvalue weighted by molar-refractivity contribution is 5.90. The maximum absolute atomic E-state index is 12.7. The van der Waals surface area contributed by atoms with Crippen molar-refractivity contribution in [1.82, 2.24) is 4.90 Å². The largest absolute Gasteiger partial charge is 0.493 e.